The van der Waals surface area contributed by atoms with E-state index in [0.29, 0.717) is 17.1 Å². The first-order chi connectivity index (χ1) is 7.70. The van der Waals surface area contributed by atoms with Gasteiger partial charge in [-0.25, -0.2) is 4.98 Å². The van der Waals surface area contributed by atoms with Gasteiger partial charge in [-0.1, -0.05) is 0 Å². The molecule has 0 saturated carbocycles. The van der Waals surface area contributed by atoms with Gasteiger partial charge in [-0.3, -0.25) is 4.79 Å². The quantitative estimate of drug-likeness (QED) is 0.736. The minimum absolute atomic E-state index is 0.195. The third-order valence-electron chi connectivity index (χ3n) is 2.20. The van der Waals surface area contributed by atoms with Gasteiger partial charge in [0.1, 0.15) is 5.75 Å². The largest absolute Gasteiger partial charge is 0.495 e. The molecule has 0 unspecified atom stereocenters. The molecule has 1 heterocycles. The molecule has 0 atom stereocenters. The molecule has 1 aromatic heterocycles. The van der Waals surface area contributed by atoms with Crippen LogP contribution in [0, 0.1) is 0 Å². The number of aromatic amines is 1. The lowest BCUT2D eigenvalue weighted by Gasteiger charge is -2.06. The van der Waals surface area contributed by atoms with Gasteiger partial charge < -0.3 is 15.5 Å². The minimum atomic E-state index is -0.195. The van der Waals surface area contributed by atoms with Gasteiger partial charge in [0.2, 0.25) is 0 Å². The van der Waals surface area contributed by atoms with Crippen LogP contribution < -0.4 is 16.0 Å². The summed E-state index contributed by atoms with van der Waals surface area (Å²) in [7, 11) is 1.55. The Kier molecular flexibility index (Phi) is 2.59. The van der Waals surface area contributed by atoms with E-state index in [1.165, 1.54) is 12.4 Å². The molecule has 0 aliphatic carbocycles. The summed E-state index contributed by atoms with van der Waals surface area (Å²) < 4.78 is 5.05. The summed E-state index contributed by atoms with van der Waals surface area (Å²) in [6.45, 7) is 0. The average Bonchev–Trinajstić information content (AvgIpc) is 2.29. The van der Waals surface area contributed by atoms with Crippen LogP contribution in [0.1, 0.15) is 0 Å². The Morgan fingerprint density at radius 2 is 2.19 bits per heavy atom. The summed E-state index contributed by atoms with van der Waals surface area (Å²) in [4.78, 5) is 17.6. The lowest BCUT2D eigenvalue weighted by Crippen LogP contribution is -2.04. The van der Waals surface area contributed by atoms with Crippen LogP contribution in [0.3, 0.4) is 0 Å². The van der Waals surface area contributed by atoms with Crippen molar-refractivity contribution in [2.45, 2.75) is 0 Å². The Balaban J connectivity index is 2.49. The molecule has 0 spiro atoms. The summed E-state index contributed by atoms with van der Waals surface area (Å²) >= 11 is 0. The molecule has 0 aliphatic rings. The second-order valence-corrected chi connectivity index (χ2v) is 3.25. The topological polar surface area (TPSA) is 81.0 Å². The number of anilines is 1. The van der Waals surface area contributed by atoms with E-state index in [1.807, 2.05) is 0 Å². The number of nitrogens with two attached hydrogens (primary N) is 1. The van der Waals surface area contributed by atoms with Gasteiger partial charge in [-0.05, 0) is 18.2 Å². The molecule has 0 aliphatic heterocycles. The van der Waals surface area contributed by atoms with Crippen LogP contribution in [0.15, 0.2) is 35.4 Å². The number of nitrogens with zero attached hydrogens (tertiary/aromatic N) is 1. The molecule has 2 aromatic rings. The highest BCUT2D eigenvalue weighted by Crippen LogP contribution is 2.26. The number of nitrogen functional groups attached to an aromatic ring is 1. The van der Waals surface area contributed by atoms with Crippen LogP contribution in [0.2, 0.25) is 0 Å². The van der Waals surface area contributed by atoms with Crippen LogP contribution >= 0.6 is 0 Å². The number of rotatable bonds is 2. The molecule has 0 bridgehead atoms. The molecule has 5 heteroatoms. The number of hydrogen-bond donors (Lipinski definition) is 2. The van der Waals surface area contributed by atoms with Gasteiger partial charge in [-0.15, -0.1) is 0 Å². The summed E-state index contributed by atoms with van der Waals surface area (Å²) in [6, 6.07) is 6.69. The number of aromatic nitrogens is 2. The van der Waals surface area contributed by atoms with Crippen LogP contribution in [0.25, 0.3) is 11.3 Å². The maximum absolute atomic E-state index is 11.1. The summed E-state index contributed by atoms with van der Waals surface area (Å²) in [5.41, 5.74) is 7.45. The van der Waals surface area contributed by atoms with Crippen molar-refractivity contribution in [2.75, 3.05) is 12.8 Å². The average molecular weight is 217 g/mol. The van der Waals surface area contributed by atoms with Crippen LogP contribution in [-0.4, -0.2) is 17.1 Å². The minimum Gasteiger partial charge on any atom is -0.495 e. The molecular formula is C11H11N3O2. The highest BCUT2D eigenvalue weighted by molar-refractivity contribution is 5.67. The Labute approximate surface area is 91.9 Å². The first-order valence-electron chi connectivity index (χ1n) is 4.69. The molecule has 3 N–H and O–H groups in total. The molecule has 0 radical (unpaired) electrons. The number of H-pyrrole nitrogens is 1. The van der Waals surface area contributed by atoms with E-state index >= 15 is 0 Å². The van der Waals surface area contributed by atoms with Gasteiger partial charge in [-0.2, -0.15) is 0 Å². The van der Waals surface area contributed by atoms with E-state index in [0.717, 1.165) is 5.56 Å². The van der Waals surface area contributed by atoms with Gasteiger partial charge in [0.05, 0.1) is 24.8 Å². The predicted octanol–water partition coefficient (Wildman–Crippen LogP) is 1.03. The van der Waals surface area contributed by atoms with Crippen LogP contribution in [0.5, 0.6) is 5.75 Å². The molecule has 0 amide bonds. The first kappa shape index (κ1) is 10.2. The van der Waals surface area contributed by atoms with Crippen molar-refractivity contribution < 1.29 is 4.74 Å². The smallest absolute Gasteiger partial charge is 0.251 e. The molecular weight excluding hydrogens is 206 g/mol. The number of methoxy groups -OCH3 is 1. The number of hydrogen-bond acceptors (Lipinski definition) is 4. The SMILES string of the molecule is COc1ccc(-c2cc(=O)[nH]cn2)cc1N. The number of benzene rings is 1. The molecule has 82 valence electrons. The van der Waals surface area contributed by atoms with E-state index in [4.69, 9.17) is 10.5 Å². The Hall–Kier alpha value is -2.30. The van der Waals surface area contributed by atoms with E-state index < -0.39 is 0 Å². The lowest BCUT2D eigenvalue weighted by molar-refractivity contribution is 0.417. The molecule has 5 nitrogen and oxygen atoms in total. The Morgan fingerprint density at radius 1 is 1.38 bits per heavy atom. The normalized spacial score (nSPS) is 10.1. The van der Waals surface area contributed by atoms with Gasteiger partial charge >= 0.3 is 0 Å². The van der Waals surface area contributed by atoms with Crippen molar-refractivity contribution in [3.8, 4) is 17.0 Å². The van der Waals surface area contributed by atoms with Crippen molar-refractivity contribution >= 4 is 5.69 Å². The number of nitrogens with one attached hydrogen (secondary N) is 1. The molecule has 0 fully saturated rings. The van der Waals surface area contributed by atoms with E-state index in [9.17, 15) is 4.79 Å². The third kappa shape index (κ3) is 1.88. The highest BCUT2D eigenvalue weighted by Gasteiger charge is 2.04. The van der Waals surface area contributed by atoms with Crippen molar-refractivity contribution in [2.24, 2.45) is 0 Å². The Bertz CT molecular complexity index is 563. The van der Waals surface area contributed by atoms with Gasteiger partial charge in [0.25, 0.3) is 5.56 Å². The molecule has 0 saturated heterocycles. The van der Waals surface area contributed by atoms with Gasteiger partial charge in [0, 0.05) is 11.6 Å². The van der Waals surface area contributed by atoms with Crippen molar-refractivity contribution in [3.05, 3.63) is 40.9 Å². The molecule has 16 heavy (non-hydrogen) atoms. The fourth-order valence-electron chi connectivity index (χ4n) is 1.42. The summed E-state index contributed by atoms with van der Waals surface area (Å²) in [6.07, 6.45) is 1.36. The highest BCUT2D eigenvalue weighted by atomic mass is 16.5. The third-order valence-corrected chi connectivity index (χ3v) is 2.20. The second-order valence-electron chi connectivity index (χ2n) is 3.25. The zero-order valence-corrected chi connectivity index (χ0v) is 8.73. The fourth-order valence-corrected chi connectivity index (χ4v) is 1.42. The predicted molar refractivity (Wildman–Crippen MR) is 61.3 cm³/mol. The zero-order chi connectivity index (χ0) is 11.5. The molecule has 1 aromatic carbocycles. The first-order valence-corrected chi connectivity index (χ1v) is 4.69. The number of ether oxygens (including phenoxy) is 1. The summed E-state index contributed by atoms with van der Waals surface area (Å²) in [5.74, 6) is 0.605. The van der Waals surface area contributed by atoms with Crippen LogP contribution in [0.4, 0.5) is 5.69 Å². The van der Waals surface area contributed by atoms with E-state index in [-0.39, 0.29) is 5.56 Å². The maximum atomic E-state index is 11.1. The second kappa shape index (κ2) is 4.06. The lowest BCUT2D eigenvalue weighted by atomic mass is 10.1. The monoisotopic (exact) mass is 217 g/mol. The Morgan fingerprint density at radius 3 is 2.81 bits per heavy atom. The van der Waals surface area contributed by atoms with E-state index in [1.54, 1.807) is 25.3 Å². The van der Waals surface area contributed by atoms with E-state index in [2.05, 4.69) is 9.97 Å². The van der Waals surface area contributed by atoms with Crippen molar-refractivity contribution in [3.63, 3.8) is 0 Å². The summed E-state index contributed by atoms with van der Waals surface area (Å²) in [5, 5.41) is 0. The fraction of sp³-hybridized carbons (Fsp3) is 0.0909. The van der Waals surface area contributed by atoms with Crippen molar-refractivity contribution in [1.29, 1.82) is 0 Å². The maximum Gasteiger partial charge on any atom is 0.251 e. The van der Waals surface area contributed by atoms with Gasteiger partial charge in [0.15, 0.2) is 0 Å². The standard InChI is InChI=1S/C11H11N3O2/c1-16-10-3-2-7(4-8(10)12)9-5-11(15)14-6-13-9/h2-6H,12H2,1H3,(H,13,14,15). The van der Waals surface area contributed by atoms with Crippen LogP contribution in [-0.2, 0) is 0 Å². The van der Waals surface area contributed by atoms with Crippen molar-refractivity contribution in [1.82, 2.24) is 9.97 Å². The zero-order valence-electron chi connectivity index (χ0n) is 8.73. The molecule has 2 rings (SSSR count).